The number of alkyl halides is 3. The first-order chi connectivity index (χ1) is 11.6. The van der Waals surface area contributed by atoms with Crippen molar-refractivity contribution < 1.29 is 32.6 Å². The Morgan fingerprint density at radius 1 is 1.32 bits per heavy atom. The second-order valence-electron chi connectivity index (χ2n) is 6.24. The number of carboxylic acids is 1. The number of carbonyl (C=O) groups excluding carboxylic acids is 1. The van der Waals surface area contributed by atoms with Crippen LogP contribution in [-0.2, 0) is 26.9 Å². The number of hydrogen-bond acceptors (Lipinski definition) is 3. The van der Waals surface area contributed by atoms with Crippen molar-refractivity contribution in [3.05, 3.63) is 35.4 Å². The Morgan fingerprint density at radius 2 is 1.92 bits per heavy atom. The van der Waals surface area contributed by atoms with E-state index in [-0.39, 0.29) is 31.4 Å². The molecule has 25 heavy (non-hydrogen) atoms. The Kier molecular flexibility index (Phi) is 5.72. The molecule has 1 aliphatic heterocycles. The van der Waals surface area contributed by atoms with Crippen LogP contribution in [0.2, 0.25) is 0 Å². The smallest absolute Gasteiger partial charge is 0.416 e. The lowest BCUT2D eigenvalue weighted by Gasteiger charge is -2.25. The molecule has 0 saturated carbocycles. The van der Waals surface area contributed by atoms with E-state index in [4.69, 9.17) is 4.74 Å². The number of carboxylic acid groups (broad SMARTS) is 1. The van der Waals surface area contributed by atoms with Crippen LogP contribution >= 0.6 is 0 Å². The Morgan fingerprint density at radius 3 is 2.40 bits per heavy atom. The van der Waals surface area contributed by atoms with Gasteiger partial charge in [-0.15, -0.1) is 0 Å². The van der Waals surface area contributed by atoms with Crippen molar-refractivity contribution in [3.8, 4) is 0 Å². The molecule has 5 nitrogen and oxygen atoms in total. The molecule has 1 saturated heterocycles. The van der Waals surface area contributed by atoms with Gasteiger partial charge in [-0.05, 0) is 24.1 Å². The minimum atomic E-state index is -4.40. The van der Waals surface area contributed by atoms with E-state index in [2.05, 4.69) is 0 Å². The molecule has 0 bridgehead atoms. The van der Waals surface area contributed by atoms with Crippen LogP contribution in [0.4, 0.5) is 13.2 Å². The fourth-order valence-corrected chi connectivity index (χ4v) is 3.00. The van der Waals surface area contributed by atoms with Gasteiger partial charge in [0, 0.05) is 26.0 Å². The van der Waals surface area contributed by atoms with Crippen LogP contribution in [0.15, 0.2) is 24.3 Å². The zero-order chi connectivity index (χ0) is 18.8. The lowest BCUT2D eigenvalue weighted by Crippen LogP contribution is -2.43. The van der Waals surface area contributed by atoms with Crippen LogP contribution in [0, 0.1) is 5.92 Å². The number of aliphatic carboxylic acids is 1. The Balaban J connectivity index is 2.05. The lowest BCUT2D eigenvalue weighted by atomic mass is 9.98. The largest absolute Gasteiger partial charge is 0.480 e. The fourth-order valence-electron chi connectivity index (χ4n) is 3.00. The summed E-state index contributed by atoms with van der Waals surface area (Å²) in [6, 6.07) is 3.69. The van der Waals surface area contributed by atoms with Gasteiger partial charge in [-0.25, -0.2) is 4.79 Å². The molecule has 1 fully saturated rings. The van der Waals surface area contributed by atoms with E-state index in [0.717, 1.165) is 12.1 Å². The number of halogens is 3. The Hall–Kier alpha value is -2.09. The summed E-state index contributed by atoms with van der Waals surface area (Å²) in [5.74, 6) is -1.98. The number of methoxy groups -OCH3 is 1. The predicted octanol–water partition coefficient (Wildman–Crippen LogP) is 2.58. The van der Waals surface area contributed by atoms with Gasteiger partial charge in [0.25, 0.3) is 0 Å². The second kappa shape index (κ2) is 7.43. The van der Waals surface area contributed by atoms with Gasteiger partial charge in [0.15, 0.2) is 0 Å². The van der Waals surface area contributed by atoms with E-state index in [1.807, 2.05) is 0 Å². The molecule has 8 heteroatoms. The molecule has 138 valence electrons. The van der Waals surface area contributed by atoms with Gasteiger partial charge in [-0.1, -0.05) is 19.1 Å². The molecule has 0 spiro atoms. The minimum Gasteiger partial charge on any atom is -0.480 e. The summed E-state index contributed by atoms with van der Waals surface area (Å²) in [6.45, 7) is 1.84. The van der Waals surface area contributed by atoms with Gasteiger partial charge in [-0.2, -0.15) is 13.2 Å². The van der Waals surface area contributed by atoms with Crippen molar-refractivity contribution in [1.29, 1.82) is 0 Å². The summed E-state index contributed by atoms with van der Waals surface area (Å²) in [7, 11) is 1.46. The number of ether oxygens (including phenoxy) is 1. The van der Waals surface area contributed by atoms with Crippen LogP contribution in [0.1, 0.15) is 24.5 Å². The quantitative estimate of drug-likeness (QED) is 0.878. The molecule has 0 aliphatic carbocycles. The Bertz CT molecular complexity index is 630. The van der Waals surface area contributed by atoms with E-state index in [0.29, 0.717) is 5.56 Å². The third-order valence-electron chi connectivity index (χ3n) is 4.41. The number of benzene rings is 1. The third-order valence-corrected chi connectivity index (χ3v) is 4.41. The van der Waals surface area contributed by atoms with E-state index in [1.54, 1.807) is 6.92 Å². The highest BCUT2D eigenvalue weighted by Gasteiger charge is 2.41. The van der Waals surface area contributed by atoms with Gasteiger partial charge in [0.1, 0.15) is 6.04 Å². The van der Waals surface area contributed by atoms with Gasteiger partial charge in [0.2, 0.25) is 5.91 Å². The number of nitrogens with zero attached hydrogens (tertiary/aromatic N) is 1. The molecule has 0 radical (unpaired) electrons. The van der Waals surface area contributed by atoms with Gasteiger partial charge >= 0.3 is 12.1 Å². The van der Waals surface area contributed by atoms with Crippen LogP contribution in [0.3, 0.4) is 0 Å². The predicted molar refractivity (Wildman–Crippen MR) is 82.9 cm³/mol. The summed E-state index contributed by atoms with van der Waals surface area (Å²) < 4.78 is 42.9. The maximum Gasteiger partial charge on any atom is 0.416 e. The van der Waals surface area contributed by atoms with Crippen molar-refractivity contribution >= 4 is 11.9 Å². The minimum absolute atomic E-state index is 0.198. The van der Waals surface area contributed by atoms with Crippen molar-refractivity contribution in [2.75, 3.05) is 13.7 Å². The van der Waals surface area contributed by atoms with Crippen LogP contribution < -0.4 is 0 Å². The summed E-state index contributed by atoms with van der Waals surface area (Å²) in [5.41, 5.74) is -0.160. The first-order valence-corrected chi connectivity index (χ1v) is 7.85. The van der Waals surface area contributed by atoms with Gasteiger partial charge in [0.05, 0.1) is 11.7 Å². The standard InChI is InChI=1S/C17H20F3NO4/c1-10(7-11-3-5-12(6-4-11)17(18,19)20)15(22)21-9-13(25-2)8-14(21)16(23)24/h3-6,10,13-14H,7-9H2,1-2H3,(H,23,24). The average Bonchev–Trinajstić information content (AvgIpc) is 2.98. The van der Waals surface area contributed by atoms with Crippen molar-refractivity contribution in [2.45, 2.75) is 38.1 Å². The van der Waals surface area contributed by atoms with E-state index in [1.165, 1.54) is 24.1 Å². The fraction of sp³-hybridized carbons (Fsp3) is 0.529. The maximum atomic E-state index is 12.6. The van der Waals surface area contributed by atoms with Crippen molar-refractivity contribution in [3.63, 3.8) is 0 Å². The zero-order valence-corrected chi connectivity index (χ0v) is 13.9. The summed E-state index contributed by atoms with van der Waals surface area (Å²) >= 11 is 0. The maximum absolute atomic E-state index is 12.6. The number of likely N-dealkylation sites (tertiary alicyclic amines) is 1. The molecule has 3 unspecified atom stereocenters. The number of amides is 1. The summed E-state index contributed by atoms with van der Waals surface area (Å²) in [4.78, 5) is 25.2. The van der Waals surface area contributed by atoms with Crippen LogP contribution in [0.25, 0.3) is 0 Å². The SMILES string of the molecule is COC1CC(C(=O)O)N(C(=O)C(C)Cc2ccc(C(F)(F)F)cc2)C1. The van der Waals surface area contributed by atoms with Gasteiger partial charge in [-0.3, -0.25) is 4.79 Å². The molecule has 1 aromatic carbocycles. The third kappa shape index (κ3) is 4.50. The van der Waals surface area contributed by atoms with Crippen LogP contribution in [0.5, 0.6) is 0 Å². The molecule has 1 amide bonds. The van der Waals surface area contributed by atoms with E-state index in [9.17, 15) is 27.9 Å². The Labute approximate surface area is 143 Å². The van der Waals surface area contributed by atoms with Crippen LogP contribution in [-0.4, -0.2) is 47.7 Å². The molecule has 1 aromatic rings. The van der Waals surface area contributed by atoms with E-state index >= 15 is 0 Å². The summed E-state index contributed by atoms with van der Waals surface area (Å²) in [6.07, 6.45) is -4.27. The molecule has 1 heterocycles. The highest BCUT2D eigenvalue weighted by Crippen LogP contribution is 2.29. The first kappa shape index (κ1) is 19.2. The average molecular weight is 359 g/mol. The summed E-state index contributed by atoms with van der Waals surface area (Å²) in [5, 5.41) is 9.27. The number of rotatable bonds is 5. The normalized spacial score (nSPS) is 22.0. The van der Waals surface area contributed by atoms with E-state index < -0.39 is 29.7 Å². The molecule has 3 atom stereocenters. The topological polar surface area (TPSA) is 66.8 Å². The second-order valence-corrected chi connectivity index (χ2v) is 6.24. The van der Waals surface area contributed by atoms with Crippen molar-refractivity contribution in [2.24, 2.45) is 5.92 Å². The first-order valence-electron chi connectivity index (χ1n) is 7.85. The molecule has 0 aromatic heterocycles. The highest BCUT2D eigenvalue weighted by molar-refractivity contribution is 5.85. The number of carbonyl (C=O) groups is 2. The molecular formula is C17H20F3NO4. The molecular weight excluding hydrogens is 339 g/mol. The molecule has 2 rings (SSSR count). The number of hydrogen-bond donors (Lipinski definition) is 1. The zero-order valence-electron chi connectivity index (χ0n) is 13.9. The monoisotopic (exact) mass is 359 g/mol. The lowest BCUT2D eigenvalue weighted by molar-refractivity contribution is -0.149. The highest BCUT2D eigenvalue weighted by atomic mass is 19.4. The van der Waals surface area contributed by atoms with Crippen molar-refractivity contribution in [1.82, 2.24) is 4.90 Å². The molecule has 1 N–H and O–H groups in total. The van der Waals surface area contributed by atoms with Gasteiger partial charge < -0.3 is 14.7 Å². The molecule has 1 aliphatic rings.